The lowest BCUT2D eigenvalue weighted by Gasteiger charge is -2.25. The second kappa shape index (κ2) is 6.76. The number of hydrogen-bond donors (Lipinski definition) is 1. The minimum atomic E-state index is -0.900. The zero-order valence-electron chi connectivity index (χ0n) is 11.4. The van der Waals surface area contributed by atoms with Crippen LogP contribution in [-0.2, 0) is 16.1 Å². The molecular weight excluding hydrogens is 266 g/mol. The summed E-state index contributed by atoms with van der Waals surface area (Å²) in [5.74, 6) is -1.86. The number of benzene rings is 1. The summed E-state index contributed by atoms with van der Waals surface area (Å²) in [6.45, 7) is 2.31. The molecule has 1 N–H and O–H groups in total. The van der Waals surface area contributed by atoms with Crippen LogP contribution in [0.3, 0.4) is 0 Å². The monoisotopic (exact) mass is 284 g/mol. The van der Waals surface area contributed by atoms with E-state index in [1.165, 1.54) is 11.0 Å². The third-order valence-electron chi connectivity index (χ3n) is 3.24. The van der Waals surface area contributed by atoms with Gasteiger partial charge in [-0.3, -0.25) is 4.79 Å². The first-order valence-corrected chi connectivity index (χ1v) is 6.56. The van der Waals surface area contributed by atoms with Crippen LogP contribution in [0.25, 0.3) is 0 Å². The van der Waals surface area contributed by atoms with E-state index >= 15 is 0 Å². The molecular formula is C14H18F2N2O2. The van der Waals surface area contributed by atoms with Crippen LogP contribution in [0.4, 0.5) is 8.78 Å². The van der Waals surface area contributed by atoms with E-state index in [2.05, 4.69) is 5.32 Å². The third kappa shape index (κ3) is 3.98. The van der Waals surface area contributed by atoms with Gasteiger partial charge in [-0.1, -0.05) is 6.07 Å². The van der Waals surface area contributed by atoms with Gasteiger partial charge in [-0.05, 0) is 17.7 Å². The van der Waals surface area contributed by atoms with E-state index in [9.17, 15) is 13.6 Å². The summed E-state index contributed by atoms with van der Waals surface area (Å²) in [7, 11) is 1.64. The maximum atomic E-state index is 13.1. The normalized spacial score (nSPS) is 18.9. The smallest absolute Gasteiger partial charge is 0.225 e. The van der Waals surface area contributed by atoms with Gasteiger partial charge in [0.15, 0.2) is 11.6 Å². The van der Waals surface area contributed by atoms with Crippen LogP contribution in [-0.4, -0.2) is 43.7 Å². The van der Waals surface area contributed by atoms with E-state index in [1.807, 2.05) is 0 Å². The number of hydrogen-bond acceptors (Lipinski definition) is 3. The second-order valence-corrected chi connectivity index (χ2v) is 4.90. The van der Waals surface area contributed by atoms with E-state index < -0.39 is 11.6 Å². The average molecular weight is 284 g/mol. The van der Waals surface area contributed by atoms with Crippen LogP contribution in [0, 0.1) is 11.6 Å². The Morgan fingerprint density at radius 2 is 2.25 bits per heavy atom. The maximum Gasteiger partial charge on any atom is 0.225 e. The van der Waals surface area contributed by atoms with Gasteiger partial charge in [-0.25, -0.2) is 8.78 Å². The summed E-state index contributed by atoms with van der Waals surface area (Å²) in [4.78, 5) is 13.5. The van der Waals surface area contributed by atoms with Gasteiger partial charge in [0, 0.05) is 26.7 Å². The van der Waals surface area contributed by atoms with E-state index in [4.69, 9.17) is 4.74 Å². The molecule has 2 rings (SSSR count). The van der Waals surface area contributed by atoms with Gasteiger partial charge in [0.2, 0.25) is 5.91 Å². The van der Waals surface area contributed by atoms with Crippen molar-refractivity contribution in [1.29, 1.82) is 0 Å². The standard InChI is InChI=1S/C14H18F2N2O2/c1-18(9-10-2-3-12(15)13(16)6-10)14(19)7-11-8-17-4-5-20-11/h2-3,6,11,17H,4-5,7-9H2,1H3. The number of carbonyl (C=O) groups is 1. The third-order valence-corrected chi connectivity index (χ3v) is 3.24. The number of nitrogens with zero attached hydrogens (tertiary/aromatic N) is 1. The number of nitrogens with one attached hydrogen (secondary N) is 1. The molecule has 1 unspecified atom stereocenters. The van der Waals surface area contributed by atoms with Crippen LogP contribution in [0.2, 0.25) is 0 Å². The Morgan fingerprint density at radius 3 is 2.90 bits per heavy atom. The quantitative estimate of drug-likeness (QED) is 0.906. The number of amides is 1. The Labute approximate surface area is 116 Å². The molecule has 1 aliphatic heterocycles. The van der Waals surface area contributed by atoms with E-state index in [0.29, 0.717) is 18.7 Å². The van der Waals surface area contributed by atoms with Gasteiger partial charge in [0.05, 0.1) is 19.1 Å². The Bertz CT molecular complexity index is 476. The minimum Gasteiger partial charge on any atom is -0.375 e. The fraction of sp³-hybridized carbons (Fsp3) is 0.500. The Kier molecular flexibility index (Phi) is 5.03. The first-order chi connectivity index (χ1) is 9.56. The molecule has 110 valence electrons. The lowest BCUT2D eigenvalue weighted by atomic mass is 10.1. The molecule has 1 amide bonds. The molecule has 0 aliphatic carbocycles. The predicted molar refractivity (Wildman–Crippen MR) is 70.1 cm³/mol. The number of rotatable bonds is 4. The summed E-state index contributed by atoms with van der Waals surface area (Å²) in [6.07, 6.45) is 0.163. The van der Waals surface area contributed by atoms with E-state index in [0.717, 1.165) is 18.7 Å². The first-order valence-electron chi connectivity index (χ1n) is 6.56. The summed E-state index contributed by atoms with van der Waals surface area (Å²) in [5.41, 5.74) is 0.558. The highest BCUT2D eigenvalue weighted by Gasteiger charge is 2.19. The zero-order valence-corrected chi connectivity index (χ0v) is 11.4. The highest BCUT2D eigenvalue weighted by Crippen LogP contribution is 2.12. The molecule has 4 nitrogen and oxygen atoms in total. The van der Waals surface area contributed by atoms with Crippen LogP contribution >= 0.6 is 0 Å². The number of ether oxygens (including phenoxy) is 1. The van der Waals surface area contributed by atoms with Gasteiger partial charge < -0.3 is 15.0 Å². The van der Waals surface area contributed by atoms with E-state index in [1.54, 1.807) is 7.05 Å². The molecule has 0 bridgehead atoms. The van der Waals surface area contributed by atoms with Crippen LogP contribution in [0.5, 0.6) is 0 Å². The molecule has 1 saturated heterocycles. The second-order valence-electron chi connectivity index (χ2n) is 4.90. The molecule has 20 heavy (non-hydrogen) atoms. The van der Waals surface area contributed by atoms with Crippen molar-refractivity contribution in [2.24, 2.45) is 0 Å². The Morgan fingerprint density at radius 1 is 1.45 bits per heavy atom. The summed E-state index contributed by atoms with van der Waals surface area (Å²) in [5, 5.41) is 3.16. The largest absolute Gasteiger partial charge is 0.375 e. The highest BCUT2D eigenvalue weighted by atomic mass is 19.2. The fourth-order valence-electron chi connectivity index (χ4n) is 2.10. The zero-order chi connectivity index (χ0) is 14.5. The molecule has 6 heteroatoms. The summed E-state index contributed by atoms with van der Waals surface area (Å²) < 4.78 is 31.4. The molecule has 1 aromatic carbocycles. The van der Waals surface area contributed by atoms with Crippen LogP contribution in [0.15, 0.2) is 18.2 Å². The van der Waals surface area contributed by atoms with Gasteiger partial charge in [-0.2, -0.15) is 0 Å². The molecule has 0 saturated carbocycles. The summed E-state index contributed by atoms with van der Waals surface area (Å²) in [6, 6.07) is 3.65. The van der Waals surface area contributed by atoms with Crippen molar-refractivity contribution < 1.29 is 18.3 Å². The van der Waals surface area contributed by atoms with Crippen molar-refractivity contribution >= 4 is 5.91 Å². The highest BCUT2D eigenvalue weighted by molar-refractivity contribution is 5.76. The minimum absolute atomic E-state index is 0.0802. The van der Waals surface area contributed by atoms with Crippen molar-refractivity contribution in [3.05, 3.63) is 35.4 Å². The topological polar surface area (TPSA) is 41.6 Å². The lowest BCUT2D eigenvalue weighted by molar-refractivity contribution is -0.133. The van der Waals surface area contributed by atoms with Gasteiger partial charge in [-0.15, -0.1) is 0 Å². The molecule has 0 aromatic heterocycles. The number of halogens is 2. The first kappa shape index (κ1) is 14.9. The molecule has 0 radical (unpaired) electrons. The van der Waals surface area contributed by atoms with Crippen molar-refractivity contribution in [1.82, 2.24) is 10.2 Å². The number of carbonyl (C=O) groups excluding carboxylic acids is 1. The molecule has 0 spiro atoms. The SMILES string of the molecule is CN(Cc1ccc(F)c(F)c1)C(=O)CC1CNCCO1. The molecule has 1 fully saturated rings. The van der Waals surface area contributed by atoms with E-state index in [-0.39, 0.29) is 25.0 Å². The van der Waals surface area contributed by atoms with Crippen molar-refractivity contribution in [3.63, 3.8) is 0 Å². The number of morpholine rings is 1. The van der Waals surface area contributed by atoms with Gasteiger partial charge in [0.1, 0.15) is 0 Å². The van der Waals surface area contributed by atoms with Crippen molar-refractivity contribution in [2.45, 2.75) is 19.1 Å². The van der Waals surface area contributed by atoms with Crippen LogP contribution in [0.1, 0.15) is 12.0 Å². The summed E-state index contributed by atoms with van der Waals surface area (Å²) >= 11 is 0. The van der Waals surface area contributed by atoms with Crippen molar-refractivity contribution in [2.75, 3.05) is 26.7 Å². The molecule has 1 aliphatic rings. The molecule has 1 atom stereocenters. The Balaban J connectivity index is 1.88. The Hall–Kier alpha value is -1.53. The maximum absolute atomic E-state index is 13.1. The average Bonchev–Trinajstić information content (AvgIpc) is 2.44. The van der Waals surface area contributed by atoms with Gasteiger partial charge in [0.25, 0.3) is 0 Å². The predicted octanol–water partition coefficient (Wildman–Crippen LogP) is 1.30. The van der Waals surface area contributed by atoms with Crippen LogP contribution < -0.4 is 5.32 Å². The van der Waals surface area contributed by atoms with Crippen molar-refractivity contribution in [3.8, 4) is 0 Å². The molecule has 1 heterocycles. The van der Waals surface area contributed by atoms with Gasteiger partial charge >= 0.3 is 0 Å². The lowest BCUT2D eigenvalue weighted by Crippen LogP contribution is -2.41. The fourth-order valence-corrected chi connectivity index (χ4v) is 2.10. The molecule has 1 aromatic rings.